The van der Waals surface area contributed by atoms with Crippen molar-refractivity contribution < 1.29 is 19.1 Å². The molecule has 33 heavy (non-hydrogen) atoms. The van der Waals surface area contributed by atoms with Crippen LogP contribution in [0.15, 0.2) is 76.5 Å². The summed E-state index contributed by atoms with van der Waals surface area (Å²) in [7, 11) is 4.93. The fourth-order valence-corrected chi connectivity index (χ4v) is 4.64. The molecule has 0 spiro atoms. The summed E-state index contributed by atoms with van der Waals surface area (Å²) in [4.78, 5) is 28.9. The predicted molar refractivity (Wildman–Crippen MR) is 131 cm³/mol. The van der Waals surface area contributed by atoms with Gasteiger partial charge in [0.05, 0.1) is 24.8 Å². The molecule has 1 aliphatic rings. The lowest BCUT2D eigenvalue weighted by atomic mass is 10.1. The van der Waals surface area contributed by atoms with Crippen LogP contribution in [0.25, 0.3) is 6.08 Å². The predicted octanol–water partition coefficient (Wildman–Crippen LogP) is 4.74. The summed E-state index contributed by atoms with van der Waals surface area (Å²) in [5.74, 6) is 1.12. The molecule has 2 amide bonds. The number of hydrogen-bond acceptors (Lipinski definition) is 5. The lowest BCUT2D eigenvalue weighted by Crippen LogP contribution is -2.31. The van der Waals surface area contributed by atoms with E-state index in [9.17, 15) is 9.59 Å². The second kappa shape index (κ2) is 9.83. The number of rotatable bonds is 6. The van der Waals surface area contributed by atoms with Crippen molar-refractivity contribution in [2.75, 3.05) is 26.2 Å². The van der Waals surface area contributed by atoms with Crippen molar-refractivity contribution in [3.63, 3.8) is 0 Å². The second-order valence-corrected chi connectivity index (χ2v) is 8.51. The van der Waals surface area contributed by atoms with Crippen LogP contribution in [0.5, 0.6) is 11.5 Å². The van der Waals surface area contributed by atoms with Gasteiger partial charge in [-0.05, 0) is 48.0 Å². The molecule has 0 saturated heterocycles. The van der Waals surface area contributed by atoms with E-state index in [0.29, 0.717) is 22.7 Å². The summed E-state index contributed by atoms with van der Waals surface area (Å²) in [6.45, 7) is 0.344. The number of thioether (sulfide) groups is 1. The third kappa shape index (κ3) is 4.88. The normalized spacial score (nSPS) is 14.1. The molecule has 0 aliphatic carbocycles. The van der Waals surface area contributed by atoms with Gasteiger partial charge in [-0.2, -0.15) is 0 Å². The van der Waals surface area contributed by atoms with Crippen molar-refractivity contribution in [1.82, 2.24) is 5.32 Å². The Morgan fingerprint density at radius 3 is 2.64 bits per heavy atom. The zero-order valence-electron chi connectivity index (χ0n) is 18.6. The van der Waals surface area contributed by atoms with Gasteiger partial charge in [-0.25, -0.2) is 0 Å². The van der Waals surface area contributed by atoms with Crippen LogP contribution < -0.4 is 19.7 Å². The van der Waals surface area contributed by atoms with Gasteiger partial charge in [-0.3, -0.25) is 9.59 Å². The molecule has 1 heterocycles. The zero-order valence-corrected chi connectivity index (χ0v) is 19.4. The summed E-state index contributed by atoms with van der Waals surface area (Å²) in [6.07, 6.45) is 1.85. The van der Waals surface area contributed by atoms with Gasteiger partial charge in [0.25, 0.3) is 11.8 Å². The van der Waals surface area contributed by atoms with Crippen LogP contribution in [0.2, 0.25) is 0 Å². The number of nitrogens with zero attached hydrogens (tertiary/aromatic N) is 1. The van der Waals surface area contributed by atoms with Crippen LogP contribution in [0.4, 0.5) is 5.69 Å². The zero-order chi connectivity index (χ0) is 23.4. The molecule has 1 N–H and O–H groups in total. The number of nitrogens with one attached hydrogen (secondary N) is 1. The third-order valence-electron chi connectivity index (χ3n) is 5.34. The summed E-state index contributed by atoms with van der Waals surface area (Å²) in [5.41, 5.74) is 2.97. The highest BCUT2D eigenvalue weighted by Crippen LogP contribution is 2.42. The highest BCUT2D eigenvalue weighted by molar-refractivity contribution is 8.04. The molecule has 3 aromatic rings. The molecule has 0 aromatic heterocycles. The first kappa shape index (κ1) is 22.5. The van der Waals surface area contributed by atoms with Crippen LogP contribution >= 0.6 is 11.8 Å². The van der Waals surface area contributed by atoms with E-state index >= 15 is 0 Å². The third-order valence-corrected chi connectivity index (χ3v) is 6.42. The van der Waals surface area contributed by atoms with Gasteiger partial charge < -0.3 is 19.7 Å². The molecule has 3 aromatic carbocycles. The number of para-hydroxylation sites is 1. The first-order chi connectivity index (χ1) is 16.0. The Balaban J connectivity index is 1.53. The van der Waals surface area contributed by atoms with E-state index in [0.717, 1.165) is 27.5 Å². The molecule has 7 heteroatoms. The van der Waals surface area contributed by atoms with E-state index in [2.05, 4.69) is 5.32 Å². The number of carbonyl (C=O) groups is 2. The van der Waals surface area contributed by atoms with Gasteiger partial charge in [0.15, 0.2) is 0 Å². The Morgan fingerprint density at radius 1 is 1.03 bits per heavy atom. The molecule has 0 bridgehead atoms. The number of likely N-dealkylation sites (N-methyl/N-ethyl adjacent to an activating group) is 1. The number of anilines is 1. The molecule has 168 valence electrons. The van der Waals surface area contributed by atoms with E-state index in [1.807, 2.05) is 60.7 Å². The van der Waals surface area contributed by atoms with Gasteiger partial charge >= 0.3 is 0 Å². The first-order valence-corrected chi connectivity index (χ1v) is 11.2. The summed E-state index contributed by atoms with van der Waals surface area (Å²) < 4.78 is 10.6. The van der Waals surface area contributed by atoms with Crippen LogP contribution in [0.3, 0.4) is 0 Å². The van der Waals surface area contributed by atoms with Gasteiger partial charge in [0.1, 0.15) is 11.5 Å². The van der Waals surface area contributed by atoms with Crippen LogP contribution in [0.1, 0.15) is 21.5 Å². The lowest BCUT2D eigenvalue weighted by molar-refractivity contribution is -0.114. The molecule has 0 radical (unpaired) electrons. The van der Waals surface area contributed by atoms with Crippen molar-refractivity contribution in [1.29, 1.82) is 0 Å². The van der Waals surface area contributed by atoms with E-state index in [1.165, 1.54) is 11.8 Å². The van der Waals surface area contributed by atoms with Crippen LogP contribution in [-0.2, 0) is 11.3 Å². The average Bonchev–Trinajstić information content (AvgIpc) is 2.85. The minimum absolute atomic E-state index is 0.123. The van der Waals surface area contributed by atoms with E-state index in [4.69, 9.17) is 9.47 Å². The van der Waals surface area contributed by atoms with Crippen molar-refractivity contribution in [2.24, 2.45) is 0 Å². The summed E-state index contributed by atoms with van der Waals surface area (Å²) in [5, 5.41) is 2.92. The average molecular weight is 461 g/mol. The highest BCUT2D eigenvalue weighted by atomic mass is 32.2. The van der Waals surface area contributed by atoms with Crippen molar-refractivity contribution in [3.05, 3.63) is 88.3 Å². The number of fused-ring (bicyclic) bond motifs is 1. The van der Waals surface area contributed by atoms with Crippen molar-refractivity contribution in [3.8, 4) is 11.5 Å². The quantitative estimate of drug-likeness (QED) is 0.538. The molecular formula is C26H24N2O4S. The molecule has 0 atom stereocenters. The van der Waals surface area contributed by atoms with E-state index < -0.39 is 0 Å². The summed E-state index contributed by atoms with van der Waals surface area (Å²) >= 11 is 1.39. The van der Waals surface area contributed by atoms with Gasteiger partial charge in [-0.1, -0.05) is 42.1 Å². The van der Waals surface area contributed by atoms with E-state index in [-0.39, 0.29) is 11.8 Å². The number of amides is 2. The smallest absolute Gasteiger partial charge is 0.264 e. The number of methoxy groups -OCH3 is 2. The first-order valence-electron chi connectivity index (χ1n) is 10.4. The van der Waals surface area contributed by atoms with Gasteiger partial charge in [0, 0.05) is 29.6 Å². The SMILES string of the molecule is COc1cccc(/C=C2\Sc3ccc(C(=O)NCc4ccccc4OC)cc3N(C)C2=O)c1. The number of hydrogen-bond donors (Lipinski definition) is 1. The molecular weight excluding hydrogens is 436 g/mol. The standard InChI is InChI=1S/C26H24N2O4S/c1-28-21-15-18(25(29)27-16-19-8-4-5-10-22(19)32-3)11-12-23(21)33-24(26(28)30)14-17-7-6-9-20(13-17)31-2/h4-15H,16H2,1-3H3,(H,27,29)/b24-14-. The second-order valence-electron chi connectivity index (χ2n) is 7.43. The Hall–Kier alpha value is -3.71. The monoisotopic (exact) mass is 460 g/mol. The minimum atomic E-state index is -0.215. The molecule has 0 fully saturated rings. The largest absolute Gasteiger partial charge is 0.497 e. The fraction of sp³-hybridized carbons (Fsp3) is 0.154. The molecule has 6 nitrogen and oxygen atoms in total. The van der Waals surface area contributed by atoms with E-state index in [1.54, 1.807) is 38.3 Å². The molecule has 0 saturated carbocycles. The Kier molecular flexibility index (Phi) is 6.70. The molecule has 1 aliphatic heterocycles. The molecule has 4 rings (SSSR count). The van der Waals surface area contributed by atoms with Crippen molar-refractivity contribution >= 4 is 35.3 Å². The maximum Gasteiger partial charge on any atom is 0.264 e. The van der Waals surface area contributed by atoms with Gasteiger partial charge in [0.2, 0.25) is 0 Å². The Bertz CT molecular complexity index is 1240. The topological polar surface area (TPSA) is 67.9 Å². The summed E-state index contributed by atoms with van der Waals surface area (Å²) in [6, 6.07) is 20.5. The van der Waals surface area contributed by atoms with Crippen LogP contribution in [-0.4, -0.2) is 33.1 Å². The molecule has 0 unspecified atom stereocenters. The van der Waals surface area contributed by atoms with Gasteiger partial charge in [-0.15, -0.1) is 0 Å². The minimum Gasteiger partial charge on any atom is -0.497 e. The number of ether oxygens (including phenoxy) is 2. The highest BCUT2D eigenvalue weighted by Gasteiger charge is 2.27. The maximum absolute atomic E-state index is 13.0. The lowest BCUT2D eigenvalue weighted by Gasteiger charge is -2.27. The van der Waals surface area contributed by atoms with Crippen molar-refractivity contribution in [2.45, 2.75) is 11.4 Å². The number of benzene rings is 3. The number of carbonyl (C=O) groups excluding carboxylic acids is 2. The fourth-order valence-electron chi connectivity index (χ4n) is 3.54. The Labute approximate surface area is 197 Å². The van der Waals surface area contributed by atoms with Crippen LogP contribution in [0, 0.1) is 0 Å². The maximum atomic E-state index is 13.0. The Morgan fingerprint density at radius 2 is 1.85 bits per heavy atom.